The van der Waals surface area contributed by atoms with E-state index in [0.29, 0.717) is 11.5 Å². The van der Waals surface area contributed by atoms with Gasteiger partial charge in [-0.1, -0.05) is 40.0 Å². The molecule has 18 heavy (non-hydrogen) atoms. The quantitative estimate of drug-likeness (QED) is 0.784. The van der Waals surface area contributed by atoms with Crippen molar-refractivity contribution < 1.29 is 0 Å². The molecule has 1 saturated carbocycles. The first-order valence-electron chi connectivity index (χ1n) is 7.81. The van der Waals surface area contributed by atoms with Crippen molar-refractivity contribution in [1.82, 2.24) is 4.90 Å². The van der Waals surface area contributed by atoms with Crippen LogP contribution in [0.25, 0.3) is 0 Å². The SMILES string of the molecule is CN(CCC(N)CC(C)(C)C)CC1CCCCC1. The Hall–Kier alpha value is -0.0800. The van der Waals surface area contributed by atoms with Crippen molar-refractivity contribution >= 4 is 0 Å². The summed E-state index contributed by atoms with van der Waals surface area (Å²) in [7, 11) is 2.26. The standard InChI is InChI=1S/C16H34N2/c1-16(2,3)12-15(17)10-11-18(4)13-14-8-6-5-7-9-14/h14-15H,5-13,17H2,1-4H3. The van der Waals surface area contributed by atoms with Crippen molar-refractivity contribution in [3.8, 4) is 0 Å². The molecule has 1 fully saturated rings. The molecular weight excluding hydrogens is 220 g/mol. The van der Waals surface area contributed by atoms with Gasteiger partial charge in [0.15, 0.2) is 0 Å². The zero-order valence-electron chi connectivity index (χ0n) is 13.0. The van der Waals surface area contributed by atoms with E-state index in [1.807, 2.05) is 0 Å². The molecule has 0 aromatic carbocycles. The van der Waals surface area contributed by atoms with Crippen LogP contribution in [0.3, 0.4) is 0 Å². The predicted molar refractivity (Wildman–Crippen MR) is 80.7 cm³/mol. The smallest absolute Gasteiger partial charge is 0.00559 e. The molecule has 0 amide bonds. The third kappa shape index (κ3) is 7.38. The van der Waals surface area contributed by atoms with E-state index in [4.69, 9.17) is 5.73 Å². The molecule has 2 nitrogen and oxygen atoms in total. The second kappa shape index (κ2) is 7.49. The first kappa shape index (κ1) is 16.0. The minimum Gasteiger partial charge on any atom is -0.328 e. The van der Waals surface area contributed by atoms with Gasteiger partial charge < -0.3 is 10.6 Å². The number of hydrogen-bond acceptors (Lipinski definition) is 2. The van der Waals surface area contributed by atoms with Crippen LogP contribution in [0.4, 0.5) is 0 Å². The second-order valence-electron chi connectivity index (χ2n) is 7.58. The van der Waals surface area contributed by atoms with E-state index < -0.39 is 0 Å². The second-order valence-corrected chi connectivity index (χ2v) is 7.58. The lowest BCUT2D eigenvalue weighted by atomic mass is 9.87. The number of rotatable bonds is 6. The average molecular weight is 254 g/mol. The van der Waals surface area contributed by atoms with Crippen molar-refractivity contribution in [2.75, 3.05) is 20.1 Å². The van der Waals surface area contributed by atoms with E-state index in [1.54, 1.807) is 0 Å². The lowest BCUT2D eigenvalue weighted by Gasteiger charge is -2.29. The molecule has 108 valence electrons. The molecule has 2 heteroatoms. The summed E-state index contributed by atoms with van der Waals surface area (Å²) in [6.45, 7) is 9.27. The van der Waals surface area contributed by atoms with Gasteiger partial charge in [0.05, 0.1) is 0 Å². The van der Waals surface area contributed by atoms with E-state index in [0.717, 1.165) is 25.3 Å². The third-order valence-corrected chi connectivity index (χ3v) is 4.05. The van der Waals surface area contributed by atoms with Crippen molar-refractivity contribution in [2.24, 2.45) is 17.1 Å². The molecule has 1 unspecified atom stereocenters. The van der Waals surface area contributed by atoms with Gasteiger partial charge in [-0.2, -0.15) is 0 Å². The molecule has 0 aliphatic heterocycles. The van der Waals surface area contributed by atoms with Crippen LogP contribution >= 0.6 is 0 Å². The van der Waals surface area contributed by atoms with Crippen molar-refractivity contribution in [3.63, 3.8) is 0 Å². The maximum absolute atomic E-state index is 6.21. The fraction of sp³-hybridized carbons (Fsp3) is 1.00. The third-order valence-electron chi connectivity index (χ3n) is 4.05. The Morgan fingerprint density at radius 3 is 2.33 bits per heavy atom. The molecule has 0 aromatic rings. The minimum atomic E-state index is 0.360. The number of nitrogens with zero attached hydrogens (tertiary/aromatic N) is 1. The summed E-state index contributed by atoms with van der Waals surface area (Å²) in [6, 6.07) is 0.360. The Bertz CT molecular complexity index is 214. The van der Waals surface area contributed by atoms with Crippen LogP contribution in [0, 0.1) is 11.3 Å². The molecule has 0 spiro atoms. The minimum absolute atomic E-state index is 0.360. The normalized spacial score (nSPS) is 20.3. The molecule has 1 aliphatic carbocycles. The van der Waals surface area contributed by atoms with E-state index in [1.165, 1.54) is 38.6 Å². The Morgan fingerprint density at radius 1 is 1.17 bits per heavy atom. The molecule has 0 saturated heterocycles. The monoisotopic (exact) mass is 254 g/mol. The van der Waals surface area contributed by atoms with Crippen LogP contribution in [-0.4, -0.2) is 31.1 Å². The molecular formula is C16H34N2. The first-order chi connectivity index (χ1) is 8.37. The highest BCUT2D eigenvalue weighted by Gasteiger charge is 2.18. The highest BCUT2D eigenvalue weighted by Crippen LogP contribution is 2.24. The van der Waals surface area contributed by atoms with E-state index in [9.17, 15) is 0 Å². The fourth-order valence-electron chi connectivity index (χ4n) is 3.18. The molecule has 1 atom stereocenters. The average Bonchev–Trinajstić information content (AvgIpc) is 2.25. The zero-order valence-corrected chi connectivity index (χ0v) is 13.0. The van der Waals surface area contributed by atoms with Crippen LogP contribution in [0.15, 0.2) is 0 Å². The van der Waals surface area contributed by atoms with Crippen LogP contribution < -0.4 is 5.73 Å². The Balaban J connectivity index is 2.13. The zero-order chi connectivity index (χ0) is 13.6. The summed E-state index contributed by atoms with van der Waals surface area (Å²) < 4.78 is 0. The van der Waals surface area contributed by atoms with Gasteiger partial charge in [-0.15, -0.1) is 0 Å². The molecule has 2 N–H and O–H groups in total. The molecule has 1 rings (SSSR count). The van der Waals surface area contributed by atoms with E-state index in [-0.39, 0.29) is 0 Å². The van der Waals surface area contributed by atoms with Gasteiger partial charge in [-0.3, -0.25) is 0 Å². The summed E-state index contributed by atoms with van der Waals surface area (Å²) in [5.41, 5.74) is 6.58. The topological polar surface area (TPSA) is 29.3 Å². The van der Waals surface area contributed by atoms with Crippen molar-refractivity contribution in [3.05, 3.63) is 0 Å². The highest BCUT2D eigenvalue weighted by molar-refractivity contribution is 4.74. The largest absolute Gasteiger partial charge is 0.328 e. The maximum atomic E-state index is 6.21. The van der Waals surface area contributed by atoms with Gasteiger partial charge in [0.1, 0.15) is 0 Å². The Kier molecular flexibility index (Phi) is 6.65. The molecule has 0 bridgehead atoms. The molecule has 0 radical (unpaired) electrons. The molecule has 0 aromatic heterocycles. The summed E-state index contributed by atoms with van der Waals surface area (Å²) in [5, 5.41) is 0. The lowest BCUT2D eigenvalue weighted by Crippen LogP contribution is -2.33. The van der Waals surface area contributed by atoms with Gasteiger partial charge in [-0.25, -0.2) is 0 Å². The van der Waals surface area contributed by atoms with Gasteiger partial charge in [0.25, 0.3) is 0 Å². The number of hydrogen-bond donors (Lipinski definition) is 1. The van der Waals surface area contributed by atoms with Crippen molar-refractivity contribution in [1.29, 1.82) is 0 Å². The van der Waals surface area contributed by atoms with E-state index in [2.05, 4.69) is 32.7 Å². The van der Waals surface area contributed by atoms with Crippen LogP contribution in [0.1, 0.15) is 65.7 Å². The fourth-order valence-corrected chi connectivity index (χ4v) is 3.18. The molecule has 1 aliphatic rings. The maximum Gasteiger partial charge on any atom is 0.00559 e. The van der Waals surface area contributed by atoms with Crippen LogP contribution in [0.5, 0.6) is 0 Å². The Labute approximate surface area is 114 Å². The van der Waals surface area contributed by atoms with Gasteiger partial charge in [0, 0.05) is 12.6 Å². The number of nitrogens with two attached hydrogens (primary N) is 1. The summed E-state index contributed by atoms with van der Waals surface area (Å²) >= 11 is 0. The van der Waals surface area contributed by atoms with Gasteiger partial charge in [0.2, 0.25) is 0 Å². The van der Waals surface area contributed by atoms with Crippen LogP contribution in [-0.2, 0) is 0 Å². The predicted octanol–water partition coefficient (Wildman–Crippen LogP) is 3.65. The first-order valence-corrected chi connectivity index (χ1v) is 7.81. The van der Waals surface area contributed by atoms with Gasteiger partial charge >= 0.3 is 0 Å². The van der Waals surface area contributed by atoms with E-state index >= 15 is 0 Å². The summed E-state index contributed by atoms with van der Waals surface area (Å²) in [6.07, 6.45) is 9.50. The Morgan fingerprint density at radius 2 is 1.78 bits per heavy atom. The summed E-state index contributed by atoms with van der Waals surface area (Å²) in [5.74, 6) is 0.947. The highest BCUT2D eigenvalue weighted by atomic mass is 15.1. The molecule has 0 heterocycles. The summed E-state index contributed by atoms with van der Waals surface area (Å²) in [4.78, 5) is 2.50. The lowest BCUT2D eigenvalue weighted by molar-refractivity contribution is 0.221. The van der Waals surface area contributed by atoms with Crippen LogP contribution in [0.2, 0.25) is 0 Å². The van der Waals surface area contributed by atoms with Crippen molar-refractivity contribution in [2.45, 2.75) is 71.8 Å². The van der Waals surface area contributed by atoms with Gasteiger partial charge in [-0.05, 0) is 50.6 Å².